The van der Waals surface area contributed by atoms with Crippen molar-refractivity contribution in [3.05, 3.63) is 53.6 Å². The van der Waals surface area contributed by atoms with Gasteiger partial charge in [-0.25, -0.2) is 19.2 Å². The Kier molecular flexibility index (Phi) is 3.46. The van der Waals surface area contributed by atoms with Crippen LogP contribution in [0.2, 0.25) is 0 Å². The smallest absolute Gasteiger partial charge is 0.129 e. The lowest BCUT2D eigenvalue weighted by Crippen LogP contribution is -2.30. The summed E-state index contributed by atoms with van der Waals surface area (Å²) in [5, 5.41) is 0. The molecule has 6 heteroatoms. The van der Waals surface area contributed by atoms with Crippen molar-refractivity contribution in [3.8, 4) is 0 Å². The molecule has 0 aliphatic rings. The van der Waals surface area contributed by atoms with Crippen molar-refractivity contribution in [2.45, 2.75) is 12.5 Å². The topological polar surface area (TPSA) is 66.7 Å². The van der Waals surface area contributed by atoms with Gasteiger partial charge in [0.05, 0.1) is 6.04 Å². The summed E-state index contributed by atoms with van der Waals surface area (Å²) >= 11 is 0. The fourth-order valence-electron chi connectivity index (χ4n) is 1.63. The summed E-state index contributed by atoms with van der Waals surface area (Å²) < 4.78 is 26.9. The molecule has 1 heterocycles. The maximum Gasteiger partial charge on any atom is 0.129 e. The van der Waals surface area contributed by atoms with E-state index in [4.69, 9.17) is 5.84 Å². The number of aromatic nitrogens is 2. The highest BCUT2D eigenvalue weighted by Gasteiger charge is 2.17. The van der Waals surface area contributed by atoms with E-state index in [2.05, 4.69) is 15.4 Å². The lowest BCUT2D eigenvalue weighted by atomic mass is 10.0. The van der Waals surface area contributed by atoms with Crippen LogP contribution in [0.25, 0.3) is 0 Å². The molecule has 0 saturated carbocycles. The first-order valence-corrected chi connectivity index (χ1v) is 5.10. The van der Waals surface area contributed by atoms with E-state index >= 15 is 0 Å². The van der Waals surface area contributed by atoms with E-state index in [1.54, 1.807) is 12.4 Å². The average Bonchev–Trinajstić information content (AvgIpc) is 2.82. The number of imidazole rings is 1. The number of benzene rings is 1. The predicted molar refractivity (Wildman–Crippen MR) is 58.7 cm³/mol. The number of hydrogen-bond donors (Lipinski definition) is 3. The van der Waals surface area contributed by atoms with E-state index in [1.165, 1.54) is 18.2 Å². The van der Waals surface area contributed by atoms with Gasteiger partial charge < -0.3 is 4.98 Å². The molecule has 2 aromatic rings. The van der Waals surface area contributed by atoms with Gasteiger partial charge in [0.15, 0.2) is 0 Å². The van der Waals surface area contributed by atoms with Crippen LogP contribution in [0, 0.1) is 11.6 Å². The fraction of sp³-hybridized carbons (Fsp3) is 0.182. The third kappa shape index (κ3) is 2.48. The summed E-state index contributed by atoms with van der Waals surface area (Å²) in [7, 11) is 0. The minimum Gasteiger partial charge on any atom is -0.347 e. The minimum absolute atomic E-state index is 0.00755. The predicted octanol–water partition coefficient (Wildman–Crippen LogP) is 1.43. The summed E-state index contributed by atoms with van der Waals surface area (Å²) in [5.74, 6) is 4.72. The second-order valence-corrected chi connectivity index (χ2v) is 3.60. The third-order valence-corrected chi connectivity index (χ3v) is 2.52. The van der Waals surface area contributed by atoms with Gasteiger partial charge in [0, 0.05) is 24.4 Å². The average molecular weight is 238 g/mol. The zero-order chi connectivity index (χ0) is 12.3. The Bertz CT molecular complexity index is 464. The van der Waals surface area contributed by atoms with Crippen molar-refractivity contribution in [2.75, 3.05) is 0 Å². The molecule has 17 heavy (non-hydrogen) atoms. The molecule has 2 rings (SSSR count). The van der Waals surface area contributed by atoms with Gasteiger partial charge in [0.2, 0.25) is 0 Å². The molecule has 1 aromatic carbocycles. The molecule has 4 N–H and O–H groups in total. The SMILES string of the molecule is NNC(Cc1c(F)cccc1F)c1ncc[nH]1. The molecule has 1 atom stereocenters. The van der Waals surface area contributed by atoms with Crippen molar-refractivity contribution < 1.29 is 8.78 Å². The first-order chi connectivity index (χ1) is 8.22. The van der Waals surface area contributed by atoms with Crippen LogP contribution in [-0.4, -0.2) is 9.97 Å². The van der Waals surface area contributed by atoms with Crippen molar-refractivity contribution in [1.82, 2.24) is 15.4 Å². The summed E-state index contributed by atoms with van der Waals surface area (Å²) in [5.41, 5.74) is 2.47. The molecular formula is C11H12F2N4. The molecule has 0 fully saturated rings. The Hall–Kier alpha value is -1.79. The van der Waals surface area contributed by atoms with Gasteiger partial charge in [0.1, 0.15) is 17.5 Å². The van der Waals surface area contributed by atoms with E-state index in [0.717, 1.165) is 0 Å². The second-order valence-electron chi connectivity index (χ2n) is 3.60. The number of hydrogen-bond acceptors (Lipinski definition) is 3. The summed E-state index contributed by atoms with van der Waals surface area (Å²) in [6.07, 6.45) is 3.26. The van der Waals surface area contributed by atoms with Gasteiger partial charge in [0.25, 0.3) is 0 Å². The quantitative estimate of drug-likeness (QED) is 0.557. The fourth-order valence-corrected chi connectivity index (χ4v) is 1.63. The van der Waals surface area contributed by atoms with E-state index < -0.39 is 17.7 Å². The molecule has 0 amide bonds. The number of hydrazine groups is 1. The number of aromatic amines is 1. The number of rotatable bonds is 4. The molecule has 0 spiro atoms. The molecule has 4 nitrogen and oxygen atoms in total. The van der Waals surface area contributed by atoms with Gasteiger partial charge >= 0.3 is 0 Å². The summed E-state index contributed by atoms with van der Waals surface area (Å²) in [6.45, 7) is 0. The molecule has 0 aliphatic carbocycles. The molecule has 0 aliphatic heterocycles. The van der Waals surface area contributed by atoms with Crippen LogP contribution in [0.4, 0.5) is 8.78 Å². The lowest BCUT2D eigenvalue weighted by molar-refractivity contribution is 0.487. The Morgan fingerprint density at radius 2 is 2.06 bits per heavy atom. The highest BCUT2D eigenvalue weighted by molar-refractivity contribution is 5.21. The summed E-state index contributed by atoms with van der Waals surface area (Å²) in [6, 6.07) is 3.30. The number of nitrogens with two attached hydrogens (primary N) is 1. The Morgan fingerprint density at radius 3 is 2.59 bits per heavy atom. The second kappa shape index (κ2) is 5.03. The van der Waals surface area contributed by atoms with Crippen LogP contribution in [0.5, 0.6) is 0 Å². The van der Waals surface area contributed by atoms with E-state index in [-0.39, 0.29) is 12.0 Å². The Labute approximate surface area is 96.8 Å². The van der Waals surface area contributed by atoms with Crippen molar-refractivity contribution in [2.24, 2.45) is 5.84 Å². The highest BCUT2D eigenvalue weighted by atomic mass is 19.1. The minimum atomic E-state index is -0.586. The molecule has 1 unspecified atom stereocenters. The van der Waals surface area contributed by atoms with Crippen molar-refractivity contribution in [3.63, 3.8) is 0 Å². The number of nitrogens with one attached hydrogen (secondary N) is 2. The molecule has 90 valence electrons. The van der Waals surface area contributed by atoms with Crippen LogP contribution in [0.15, 0.2) is 30.6 Å². The monoisotopic (exact) mass is 238 g/mol. The van der Waals surface area contributed by atoms with E-state index in [0.29, 0.717) is 5.82 Å². The summed E-state index contributed by atoms with van der Waals surface area (Å²) in [4.78, 5) is 6.85. The normalized spacial score (nSPS) is 12.6. The Balaban J connectivity index is 2.25. The third-order valence-electron chi connectivity index (χ3n) is 2.52. The first kappa shape index (κ1) is 11.7. The van der Waals surface area contributed by atoms with Crippen LogP contribution in [0.1, 0.15) is 17.4 Å². The van der Waals surface area contributed by atoms with Gasteiger partial charge in [-0.2, -0.15) is 0 Å². The van der Waals surface area contributed by atoms with Gasteiger partial charge in [-0.05, 0) is 12.1 Å². The molecule has 1 aromatic heterocycles. The molecule has 0 radical (unpaired) electrons. The maximum absolute atomic E-state index is 13.4. The van der Waals surface area contributed by atoms with Crippen LogP contribution in [0.3, 0.4) is 0 Å². The molecular weight excluding hydrogens is 226 g/mol. The number of H-pyrrole nitrogens is 1. The number of nitrogens with zero attached hydrogens (tertiary/aromatic N) is 1. The van der Waals surface area contributed by atoms with Crippen LogP contribution in [-0.2, 0) is 6.42 Å². The van der Waals surface area contributed by atoms with Gasteiger partial charge in [-0.3, -0.25) is 5.84 Å². The van der Waals surface area contributed by atoms with Gasteiger partial charge in [-0.1, -0.05) is 6.07 Å². The largest absolute Gasteiger partial charge is 0.347 e. The first-order valence-electron chi connectivity index (χ1n) is 5.10. The molecule has 0 bridgehead atoms. The van der Waals surface area contributed by atoms with E-state index in [9.17, 15) is 8.78 Å². The number of halogens is 2. The maximum atomic E-state index is 13.4. The van der Waals surface area contributed by atoms with Crippen LogP contribution < -0.4 is 11.3 Å². The van der Waals surface area contributed by atoms with Gasteiger partial charge in [-0.15, -0.1) is 0 Å². The highest BCUT2D eigenvalue weighted by Crippen LogP contribution is 2.19. The molecule has 0 saturated heterocycles. The standard InChI is InChI=1S/C11H12F2N4/c12-8-2-1-3-9(13)7(8)6-10(17-14)11-15-4-5-16-11/h1-5,10,17H,6,14H2,(H,15,16). The van der Waals surface area contributed by atoms with Crippen LogP contribution >= 0.6 is 0 Å². The Morgan fingerprint density at radius 1 is 1.35 bits per heavy atom. The lowest BCUT2D eigenvalue weighted by Gasteiger charge is -2.14. The van der Waals surface area contributed by atoms with Crippen molar-refractivity contribution in [1.29, 1.82) is 0 Å². The zero-order valence-corrected chi connectivity index (χ0v) is 8.95. The van der Waals surface area contributed by atoms with E-state index in [1.807, 2.05) is 0 Å². The van der Waals surface area contributed by atoms with Crippen molar-refractivity contribution >= 4 is 0 Å². The zero-order valence-electron chi connectivity index (χ0n) is 8.95.